The van der Waals surface area contributed by atoms with Crippen LogP contribution in [0.5, 0.6) is 0 Å². The highest BCUT2D eigenvalue weighted by Gasteiger charge is 2.41. The van der Waals surface area contributed by atoms with E-state index in [1.807, 2.05) is 0 Å². The van der Waals surface area contributed by atoms with Gasteiger partial charge in [0.25, 0.3) is 0 Å². The summed E-state index contributed by atoms with van der Waals surface area (Å²) in [5.74, 6) is -0.261. The van der Waals surface area contributed by atoms with Crippen LogP contribution in [0.15, 0.2) is 0 Å². The molecule has 13 heavy (non-hydrogen) atoms. The number of rotatable bonds is 1. The normalized spacial score (nSPS) is 25.2. The minimum atomic E-state index is -0.718. The fraction of sp³-hybridized carbons (Fsp3) is 0.900. The van der Waals surface area contributed by atoms with Crippen molar-refractivity contribution >= 4 is 5.97 Å². The minimum absolute atomic E-state index is 0.261. The van der Waals surface area contributed by atoms with E-state index < -0.39 is 5.54 Å². The predicted molar refractivity (Wildman–Crippen MR) is 51.2 cm³/mol. The van der Waals surface area contributed by atoms with E-state index in [0.29, 0.717) is 5.41 Å². The van der Waals surface area contributed by atoms with Gasteiger partial charge in [-0.2, -0.15) is 0 Å². The zero-order valence-corrected chi connectivity index (χ0v) is 8.72. The molecule has 0 radical (unpaired) electrons. The highest BCUT2D eigenvalue weighted by molar-refractivity contribution is 5.80. The van der Waals surface area contributed by atoms with Crippen molar-refractivity contribution in [2.24, 2.45) is 11.1 Å². The first-order valence-electron chi connectivity index (χ1n) is 4.77. The molecule has 0 aliphatic heterocycles. The lowest BCUT2D eigenvalue weighted by Crippen LogP contribution is -2.52. The van der Waals surface area contributed by atoms with Gasteiger partial charge in [-0.25, -0.2) is 0 Å². The fourth-order valence-electron chi connectivity index (χ4n) is 1.78. The molecule has 0 aromatic rings. The van der Waals surface area contributed by atoms with Crippen LogP contribution in [0.2, 0.25) is 0 Å². The van der Waals surface area contributed by atoms with E-state index >= 15 is 0 Å². The Kier molecular flexibility index (Phi) is 2.66. The molecule has 1 aliphatic carbocycles. The topological polar surface area (TPSA) is 52.3 Å². The first-order valence-corrected chi connectivity index (χ1v) is 4.77. The van der Waals surface area contributed by atoms with Gasteiger partial charge >= 0.3 is 5.97 Å². The summed E-state index contributed by atoms with van der Waals surface area (Å²) in [6, 6.07) is 0. The van der Waals surface area contributed by atoms with Crippen LogP contribution in [0.4, 0.5) is 0 Å². The molecule has 1 saturated carbocycles. The van der Waals surface area contributed by atoms with Crippen LogP contribution in [0.3, 0.4) is 0 Å². The maximum absolute atomic E-state index is 11.4. The standard InChI is InChI=1S/C10H19NO2/c1-9(2)4-6-10(11,7-5-9)8(12)13-3/h4-7,11H2,1-3H3. The van der Waals surface area contributed by atoms with Crippen molar-refractivity contribution in [3.63, 3.8) is 0 Å². The number of carbonyl (C=O) groups excluding carboxylic acids is 1. The molecule has 3 nitrogen and oxygen atoms in total. The third kappa shape index (κ3) is 2.21. The lowest BCUT2D eigenvalue weighted by atomic mass is 9.70. The van der Waals surface area contributed by atoms with E-state index in [1.165, 1.54) is 7.11 Å². The van der Waals surface area contributed by atoms with Crippen molar-refractivity contribution in [1.82, 2.24) is 0 Å². The molecule has 2 N–H and O–H groups in total. The van der Waals surface area contributed by atoms with Gasteiger partial charge in [0, 0.05) is 0 Å². The van der Waals surface area contributed by atoms with Gasteiger partial charge in [0.1, 0.15) is 5.54 Å². The van der Waals surface area contributed by atoms with Crippen LogP contribution < -0.4 is 5.73 Å². The van der Waals surface area contributed by atoms with Gasteiger partial charge in [-0.05, 0) is 31.1 Å². The van der Waals surface area contributed by atoms with Crippen molar-refractivity contribution in [3.05, 3.63) is 0 Å². The zero-order chi connectivity index (χ0) is 10.1. The summed E-state index contributed by atoms with van der Waals surface area (Å²) in [4.78, 5) is 11.4. The van der Waals surface area contributed by atoms with E-state index in [0.717, 1.165) is 25.7 Å². The summed E-state index contributed by atoms with van der Waals surface area (Å²) in [6.45, 7) is 4.42. The Morgan fingerprint density at radius 3 is 2.08 bits per heavy atom. The van der Waals surface area contributed by atoms with Gasteiger partial charge in [0.05, 0.1) is 7.11 Å². The SMILES string of the molecule is COC(=O)C1(N)CCC(C)(C)CC1. The van der Waals surface area contributed by atoms with Crippen molar-refractivity contribution in [2.75, 3.05) is 7.11 Å². The molecule has 3 heteroatoms. The van der Waals surface area contributed by atoms with Gasteiger partial charge in [-0.15, -0.1) is 0 Å². The molecule has 0 atom stereocenters. The average molecular weight is 185 g/mol. The molecule has 1 rings (SSSR count). The molecule has 0 spiro atoms. The average Bonchev–Trinajstić information content (AvgIpc) is 2.09. The number of hydrogen-bond acceptors (Lipinski definition) is 3. The maximum Gasteiger partial charge on any atom is 0.325 e. The van der Waals surface area contributed by atoms with Crippen molar-refractivity contribution in [3.8, 4) is 0 Å². The van der Waals surface area contributed by atoms with Crippen LogP contribution in [0.1, 0.15) is 39.5 Å². The number of hydrogen-bond donors (Lipinski definition) is 1. The van der Waals surface area contributed by atoms with E-state index in [2.05, 4.69) is 13.8 Å². The Morgan fingerprint density at radius 1 is 1.23 bits per heavy atom. The van der Waals surface area contributed by atoms with E-state index in [4.69, 9.17) is 10.5 Å². The van der Waals surface area contributed by atoms with Crippen molar-refractivity contribution < 1.29 is 9.53 Å². The van der Waals surface area contributed by atoms with Crippen LogP contribution >= 0.6 is 0 Å². The molecule has 0 aromatic heterocycles. The molecule has 0 amide bonds. The second-order valence-electron chi connectivity index (χ2n) is 4.81. The lowest BCUT2D eigenvalue weighted by Gasteiger charge is -2.39. The first-order chi connectivity index (χ1) is 5.90. The molecule has 1 aliphatic rings. The summed E-state index contributed by atoms with van der Waals surface area (Å²) < 4.78 is 4.70. The molecular weight excluding hydrogens is 166 g/mol. The molecule has 76 valence electrons. The third-order valence-electron chi connectivity index (χ3n) is 3.09. The molecule has 0 heterocycles. The molecule has 0 bridgehead atoms. The van der Waals surface area contributed by atoms with Gasteiger partial charge in [0.15, 0.2) is 0 Å². The zero-order valence-electron chi connectivity index (χ0n) is 8.72. The molecule has 0 aromatic carbocycles. The minimum Gasteiger partial charge on any atom is -0.468 e. The number of nitrogens with two attached hydrogens (primary N) is 1. The number of methoxy groups -OCH3 is 1. The van der Waals surface area contributed by atoms with Gasteiger partial charge in [-0.1, -0.05) is 13.8 Å². The highest BCUT2D eigenvalue weighted by Crippen LogP contribution is 2.39. The highest BCUT2D eigenvalue weighted by atomic mass is 16.5. The van der Waals surface area contributed by atoms with Crippen molar-refractivity contribution in [2.45, 2.75) is 45.1 Å². The monoisotopic (exact) mass is 185 g/mol. The Labute approximate surface area is 79.6 Å². The second kappa shape index (κ2) is 3.29. The van der Waals surface area contributed by atoms with E-state index in [9.17, 15) is 4.79 Å². The van der Waals surface area contributed by atoms with Gasteiger partial charge in [-0.3, -0.25) is 4.79 Å². The Hall–Kier alpha value is -0.570. The van der Waals surface area contributed by atoms with E-state index in [-0.39, 0.29) is 5.97 Å². The summed E-state index contributed by atoms with van der Waals surface area (Å²) in [6.07, 6.45) is 3.48. The van der Waals surface area contributed by atoms with Crippen molar-refractivity contribution in [1.29, 1.82) is 0 Å². The maximum atomic E-state index is 11.4. The van der Waals surface area contributed by atoms with Gasteiger partial charge in [0.2, 0.25) is 0 Å². The van der Waals surface area contributed by atoms with E-state index in [1.54, 1.807) is 0 Å². The summed E-state index contributed by atoms with van der Waals surface area (Å²) in [7, 11) is 1.40. The third-order valence-corrected chi connectivity index (χ3v) is 3.09. The second-order valence-corrected chi connectivity index (χ2v) is 4.81. The molecular formula is C10H19NO2. The van der Waals surface area contributed by atoms with Crippen LogP contribution in [0, 0.1) is 5.41 Å². The number of ether oxygens (including phenoxy) is 1. The molecule has 0 saturated heterocycles. The summed E-state index contributed by atoms with van der Waals surface area (Å²) in [5, 5.41) is 0. The van der Waals surface area contributed by atoms with Crippen LogP contribution in [0.25, 0.3) is 0 Å². The summed E-state index contributed by atoms with van der Waals surface area (Å²) >= 11 is 0. The molecule has 0 unspecified atom stereocenters. The number of carbonyl (C=O) groups is 1. The van der Waals surface area contributed by atoms with Crippen LogP contribution in [-0.4, -0.2) is 18.6 Å². The lowest BCUT2D eigenvalue weighted by molar-refractivity contribution is -0.149. The van der Waals surface area contributed by atoms with Crippen LogP contribution in [-0.2, 0) is 9.53 Å². The number of esters is 1. The fourth-order valence-corrected chi connectivity index (χ4v) is 1.78. The van der Waals surface area contributed by atoms with Gasteiger partial charge < -0.3 is 10.5 Å². The molecule has 1 fully saturated rings. The first kappa shape index (κ1) is 10.5. The predicted octanol–water partition coefficient (Wildman–Crippen LogP) is 1.46. The Morgan fingerprint density at radius 2 is 1.69 bits per heavy atom. The summed E-state index contributed by atoms with van der Waals surface area (Å²) in [5.41, 5.74) is 5.57. The largest absolute Gasteiger partial charge is 0.468 e. The Bertz CT molecular complexity index is 201. The smallest absolute Gasteiger partial charge is 0.325 e. The quantitative estimate of drug-likeness (QED) is 0.629. The Balaban J connectivity index is 2.61.